The molecular weight excluding hydrogens is 276 g/mol. The summed E-state index contributed by atoms with van der Waals surface area (Å²) in [5.74, 6) is 0.774. The van der Waals surface area contributed by atoms with Crippen LogP contribution in [0.15, 0.2) is 0 Å². The summed E-state index contributed by atoms with van der Waals surface area (Å²) in [6, 6.07) is 0. The van der Waals surface area contributed by atoms with Crippen LogP contribution in [-0.4, -0.2) is 39.1 Å². The van der Waals surface area contributed by atoms with Crippen molar-refractivity contribution in [3.8, 4) is 0 Å². The zero-order valence-electron chi connectivity index (χ0n) is 15.1. The number of ether oxygens (including phenoxy) is 3. The molecule has 0 aromatic rings. The third kappa shape index (κ3) is 9.12. The van der Waals surface area contributed by atoms with Gasteiger partial charge in [0.1, 0.15) is 0 Å². The van der Waals surface area contributed by atoms with E-state index in [-0.39, 0.29) is 0 Å². The van der Waals surface area contributed by atoms with Crippen molar-refractivity contribution in [2.75, 3.05) is 26.9 Å². The Balaban J connectivity index is 2.15. The number of methoxy groups -OCH3 is 1. The molecule has 0 atom stereocenters. The van der Waals surface area contributed by atoms with Crippen molar-refractivity contribution < 1.29 is 14.2 Å². The lowest BCUT2D eigenvalue weighted by Gasteiger charge is -2.30. The number of unbranched alkanes of at least 4 members (excludes halogenated alkanes) is 2. The predicted octanol–water partition coefficient (Wildman–Crippen LogP) is 4.97. The van der Waals surface area contributed by atoms with Gasteiger partial charge in [-0.2, -0.15) is 0 Å². The highest BCUT2D eigenvalue weighted by atomic mass is 16.5. The second kappa shape index (κ2) is 13.3. The van der Waals surface area contributed by atoms with Crippen molar-refractivity contribution in [1.82, 2.24) is 0 Å². The van der Waals surface area contributed by atoms with E-state index >= 15 is 0 Å². The Morgan fingerprint density at radius 2 is 1.36 bits per heavy atom. The van der Waals surface area contributed by atoms with Crippen LogP contribution < -0.4 is 0 Å². The molecule has 3 nitrogen and oxygen atoms in total. The summed E-state index contributed by atoms with van der Waals surface area (Å²) in [5.41, 5.74) is 0. The second-order valence-corrected chi connectivity index (χ2v) is 6.75. The maximum Gasteiger partial charge on any atom is 0.0704 e. The first kappa shape index (κ1) is 19.9. The fourth-order valence-electron chi connectivity index (χ4n) is 3.23. The van der Waals surface area contributed by atoms with Gasteiger partial charge in [0.25, 0.3) is 0 Å². The minimum absolute atomic E-state index is 0.422. The summed E-state index contributed by atoms with van der Waals surface area (Å²) in [6.07, 6.45) is 13.5. The smallest absolute Gasteiger partial charge is 0.0704 e. The monoisotopic (exact) mass is 314 g/mol. The molecule has 0 heterocycles. The molecule has 0 spiro atoms. The standard InChI is InChI=1S/C19H38O3/c1-4-6-8-17(9-7-5-2)16-22-19-12-10-18(11-13-19)21-15-14-20-3/h17-19H,4-16H2,1-3H3. The fraction of sp³-hybridized carbons (Fsp3) is 1.00. The van der Waals surface area contributed by atoms with E-state index in [1.54, 1.807) is 7.11 Å². The Morgan fingerprint density at radius 3 is 1.86 bits per heavy atom. The van der Waals surface area contributed by atoms with Gasteiger partial charge in [0, 0.05) is 13.7 Å². The molecule has 0 bridgehead atoms. The van der Waals surface area contributed by atoms with Crippen LogP contribution in [0, 0.1) is 5.92 Å². The van der Waals surface area contributed by atoms with Gasteiger partial charge >= 0.3 is 0 Å². The van der Waals surface area contributed by atoms with Gasteiger partial charge in [0.05, 0.1) is 25.4 Å². The Hall–Kier alpha value is -0.120. The highest BCUT2D eigenvalue weighted by Gasteiger charge is 2.22. The Kier molecular flexibility index (Phi) is 12.1. The number of hydrogen-bond acceptors (Lipinski definition) is 3. The highest BCUT2D eigenvalue weighted by Crippen LogP contribution is 2.25. The summed E-state index contributed by atoms with van der Waals surface area (Å²) >= 11 is 0. The van der Waals surface area contributed by atoms with E-state index in [2.05, 4.69) is 13.8 Å². The van der Waals surface area contributed by atoms with Gasteiger partial charge in [-0.3, -0.25) is 0 Å². The Labute approximate surface area is 138 Å². The lowest BCUT2D eigenvalue weighted by molar-refractivity contribution is -0.0495. The van der Waals surface area contributed by atoms with E-state index in [0.29, 0.717) is 18.8 Å². The number of rotatable bonds is 13. The first-order valence-electron chi connectivity index (χ1n) is 9.52. The van der Waals surface area contributed by atoms with Crippen molar-refractivity contribution in [3.63, 3.8) is 0 Å². The lowest BCUT2D eigenvalue weighted by atomic mass is 9.94. The van der Waals surface area contributed by atoms with Gasteiger partial charge in [-0.25, -0.2) is 0 Å². The van der Waals surface area contributed by atoms with Crippen LogP contribution >= 0.6 is 0 Å². The molecule has 0 aliphatic heterocycles. The van der Waals surface area contributed by atoms with Crippen molar-refractivity contribution in [1.29, 1.82) is 0 Å². The first-order chi connectivity index (χ1) is 10.8. The van der Waals surface area contributed by atoms with Crippen LogP contribution in [0.25, 0.3) is 0 Å². The molecule has 3 heteroatoms. The average molecular weight is 315 g/mol. The molecule has 1 saturated carbocycles. The minimum Gasteiger partial charge on any atom is -0.382 e. The molecule has 1 aliphatic rings. The van der Waals surface area contributed by atoms with Crippen LogP contribution in [0.1, 0.15) is 78.1 Å². The Morgan fingerprint density at radius 1 is 0.818 bits per heavy atom. The summed E-state index contributed by atoms with van der Waals surface area (Å²) < 4.78 is 17.1. The maximum atomic E-state index is 6.23. The van der Waals surface area contributed by atoms with Gasteiger partial charge in [0.15, 0.2) is 0 Å². The third-order valence-electron chi connectivity index (χ3n) is 4.76. The van der Waals surface area contributed by atoms with Crippen molar-refractivity contribution >= 4 is 0 Å². The molecule has 0 unspecified atom stereocenters. The van der Waals surface area contributed by atoms with E-state index < -0.39 is 0 Å². The van der Waals surface area contributed by atoms with Crippen LogP contribution in [0.5, 0.6) is 0 Å². The van der Waals surface area contributed by atoms with Crippen LogP contribution in [0.3, 0.4) is 0 Å². The molecule has 0 aromatic carbocycles. The molecule has 132 valence electrons. The van der Waals surface area contributed by atoms with Gasteiger partial charge in [0.2, 0.25) is 0 Å². The average Bonchev–Trinajstić information content (AvgIpc) is 2.55. The van der Waals surface area contributed by atoms with Gasteiger partial charge in [-0.1, -0.05) is 39.5 Å². The van der Waals surface area contributed by atoms with Gasteiger partial charge in [-0.15, -0.1) is 0 Å². The summed E-state index contributed by atoms with van der Waals surface area (Å²) in [6.45, 7) is 6.96. The highest BCUT2D eigenvalue weighted by molar-refractivity contribution is 4.74. The molecule has 0 amide bonds. The minimum atomic E-state index is 0.422. The van der Waals surface area contributed by atoms with Gasteiger partial charge < -0.3 is 14.2 Å². The SMILES string of the molecule is CCCCC(CCCC)COC1CCC(OCCOC)CC1. The van der Waals surface area contributed by atoms with Gasteiger partial charge in [-0.05, 0) is 44.4 Å². The molecule has 1 aliphatic carbocycles. The predicted molar refractivity (Wildman–Crippen MR) is 92.4 cm³/mol. The molecule has 1 rings (SSSR count). The first-order valence-corrected chi connectivity index (χ1v) is 9.52. The molecule has 0 N–H and O–H groups in total. The summed E-state index contributed by atoms with van der Waals surface area (Å²) in [4.78, 5) is 0. The third-order valence-corrected chi connectivity index (χ3v) is 4.76. The summed E-state index contributed by atoms with van der Waals surface area (Å²) in [5, 5.41) is 0. The summed E-state index contributed by atoms with van der Waals surface area (Å²) in [7, 11) is 1.72. The van der Waals surface area contributed by atoms with Crippen LogP contribution in [0.2, 0.25) is 0 Å². The zero-order valence-corrected chi connectivity index (χ0v) is 15.1. The quantitative estimate of drug-likeness (QED) is 0.449. The van der Waals surface area contributed by atoms with Crippen LogP contribution in [0.4, 0.5) is 0 Å². The maximum absolute atomic E-state index is 6.23. The molecule has 0 aromatic heterocycles. The molecule has 0 saturated heterocycles. The number of hydrogen-bond donors (Lipinski definition) is 0. The topological polar surface area (TPSA) is 27.7 Å². The fourth-order valence-corrected chi connectivity index (χ4v) is 3.23. The van der Waals surface area contributed by atoms with Crippen molar-refractivity contribution in [3.05, 3.63) is 0 Å². The zero-order chi connectivity index (χ0) is 16.0. The van der Waals surface area contributed by atoms with Crippen LogP contribution in [-0.2, 0) is 14.2 Å². The molecular formula is C19H38O3. The second-order valence-electron chi connectivity index (χ2n) is 6.75. The van der Waals surface area contributed by atoms with E-state index in [1.807, 2.05) is 0 Å². The van der Waals surface area contributed by atoms with E-state index in [4.69, 9.17) is 14.2 Å². The molecule has 0 radical (unpaired) electrons. The van der Waals surface area contributed by atoms with E-state index in [0.717, 1.165) is 44.8 Å². The normalized spacial score (nSPS) is 22.4. The molecule has 1 fully saturated rings. The van der Waals surface area contributed by atoms with Crippen molar-refractivity contribution in [2.45, 2.75) is 90.3 Å². The largest absolute Gasteiger partial charge is 0.382 e. The van der Waals surface area contributed by atoms with Crippen molar-refractivity contribution in [2.24, 2.45) is 5.92 Å². The van der Waals surface area contributed by atoms with E-state index in [1.165, 1.54) is 38.5 Å². The molecule has 22 heavy (non-hydrogen) atoms. The lowest BCUT2D eigenvalue weighted by Crippen LogP contribution is -2.28. The van der Waals surface area contributed by atoms with E-state index in [9.17, 15) is 0 Å². The Bertz CT molecular complexity index is 229.